The number of fused-ring (bicyclic) bond motifs is 4. The normalized spacial score (nSPS) is 11.8. The zero-order valence-electron chi connectivity index (χ0n) is 10.7. The number of hydrogen-bond acceptors (Lipinski definition) is 1. The van der Waals surface area contributed by atoms with Gasteiger partial charge in [0.25, 0.3) is 0 Å². The summed E-state index contributed by atoms with van der Waals surface area (Å²) in [5.74, 6) is 0.922. The summed E-state index contributed by atoms with van der Waals surface area (Å²) in [4.78, 5) is 4.71. The van der Waals surface area contributed by atoms with Crippen molar-refractivity contribution in [3.63, 3.8) is 0 Å². The van der Waals surface area contributed by atoms with Crippen LogP contribution < -0.4 is 0 Å². The molecule has 4 rings (SSSR count). The first-order chi connectivity index (χ1) is 9.66. The fourth-order valence-electron chi connectivity index (χ4n) is 2.76. The van der Waals surface area contributed by atoms with Crippen molar-refractivity contribution in [3.05, 3.63) is 52.0 Å². The van der Waals surface area contributed by atoms with Crippen LogP contribution in [0, 0.1) is 0 Å². The molecule has 0 spiro atoms. The maximum atomic E-state index is 6.66. The van der Waals surface area contributed by atoms with Gasteiger partial charge >= 0.3 is 0 Å². The lowest BCUT2D eigenvalue weighted by Crippen LogP contribution is -2.00. The Labute approximate surface area is 129 Å². The summed E-state index contributed by atoms with van der Waals surface area (Å²) >= 11 is 10.2. The summed E-state index contributed by atoms with van der Waals surface area (Å²) < 4.78 is 3.12. The third kappa shape index (κ3) is 1.54. The highest BCUT2D eigenvalue weighted by Crippen LogP contribution is 2.41. The SMILES string of the molecule is Cn1c2nc3ccccc3c-2c(Cl)c2cc(Br)ccc21. The lowest BCUT2D eigenvalue weighted by atomic mass is 10.1. The van der Waals surface area contributed by atoms with Gasteiger partial charge in [-0.3, -0.25) is 0 Å². The molecule has 0 radical (unpaired) electrons. The van der Waals surface area contributed by atoms with Crippen molar-refractivity contribution < 1.29 is 0 Å². The van der Waals surface area contributed by atoms with Crippen LogP contribution in [-0.4, -0.2) is 9.55 Å². The van der Waals surface area contributed by atoms with Gasteiger partial charge in [-0.15, -0.1) is 0 Å². The van der Waals surface area contributed by atoms with Crippen LogP contribution in [0.5, 0.6) is 0 Å². The number of aryl methyl sites for hydroxylation is 1. The first kappa shape index (κ1) is 12.2. The lowest BCUT2D eigenvalue weighted by molar-refractivity contribution is 0.939. The molecule has 0 saturated carbocycles. The van der Waals surface area contributed by atoms with Crippen molar-refractivity contribution in [2.24, 2.45) is 7.05 Å². The monoisotopic (exact) mass is 344 g/mol. The Bertz CT molecular complexity index is 942. The van der Waals surface area contributed by atoms with E-state index < -0.39 is 0 Å². The summed E-state index contributed by atoms with van der Waals surface area (Å²) in [6.07, 6.45) is 0. The standard InChI is InChI=1S/C16H10BrClN2/c1-20-13-7-6-9(17)8-11(13)15(18)14-10-4-2-3-5-12(10)19-16(14)20/h2-8H,1H3. The van der Waals surface area contributed by atoms with Gasteiger partial charge in [0.1, 0.15) is 5.82 Å². The van der Waals surface area contributed by atoms with Gasteiger partial charge in [0.15, 0.2) is 0 Å². The minimum Gasteiger partial charge on any atom is -0.328 e. The zero-order valence-corrected chi connectivity index (χ0v) is 13.0. The Morgan fingerprint density at radius 3 is 2.75 bits per heavy atom. The Kier molecular flexibility index (Phi) is 2.56. The molecule has 0 bridgehead atoms. The zero-order chi connectivity index (χ0) is 13.9. The second kappa shape index (κ2) is 4.21. The average Bonchev–Trinajstić information content (AvgIpc) is 2.84. The van der Waals surface area contributed by atoms with Gasteiger partial charge < -0.3 is 4.57 Å². The van der Waals surface area contributed by atoms with E-state index in [-0.39, 0.29) is 0 Å². The first-order valence-electron chi connectivity index (χ1n) is 6.28. The molecule has 0 atom stereocenters. The molecule has 98 valence electrons. The predicted molar refractivity (Wildman–Crippen MR) is 87.6 cm³/mol. The molecule has 2 nitrogen and oxygen atoms in total. The Balaban J connectivity index is 2.33. The molecular formula is C16H10BrClN2. The second-order valence-electron chi connectivity index (χ2n) is 4.86. The van der Waals surface area contributed by atoms with E-state index in [1.54, 1.807) is 0 Å². The van der Waals surface area contributed by atoms with E-state index in [1.165, 1.54) is 0 Å². The highest BCUT2D eigenvalue weighted by Gasteiger charge is 2.20. The lowest BCUT2D eigenvalue weighted by Gasteiger charge is -2.14. The number of pyridine rings is 1. The van der Waals surface area contributed by atoms with Crippen molar-refractivity contribution in [2.45, 2.75) is 0 Å². The minimum atomic E-state index is 0.767. The Morgan fingerprint density at radius 1 is 1.10 bits per heavy atom. The molecule has 2 aliphatic rings. The summed E-state index contributed by atoms with van der Waals surface area (Å²) in [7, 11) is 2.03. The van der Waals surface area contributed by atoms with Crippen molar-refractivity contribution in [1.82, 2.24) is 9.55 Å². The maximum absolute atomic E-state index is 6.66. The van der Waals surface area contributed by atoms with Crippen molar-refractivity contribution in [2.75, 3.05) is 0 Å². The number of rotatable bonds is 0. The molecule has 0 saturated heterocycles. The minimum absolute atomic E-state index is 0.767. The van der Waals surface area contributed by atoms with Gasteiger partial charge in [-0.25, -0.2) is 4.98 Å². The van der Waals surface area contributed by atoms with Crippen LogP contribution >= 0.6 is 27.5 Å². The van der Waals surface area contributed by atoms with E-state index >= 15 is 0 Å². The topological polar surface area (TPSA) is 17.8 Å². The molecule has 0 aliphatic carbocycles. The summed E-state index contributed by atoms with van der Waals surface area (Å²) in [6, 6.07) is 14.2. The highest BCUT2D eigenvalue weighted by molar-refractivity contribution is 9.10. The van der Waals surface area contributed by atoms with Crippen molar-refractivity contribution >= 4 is 49.3 Å². The van der Waals surface area contributed by atoms with Gasteiger partial charge in [-0.1, -0.05) is 45.7 Å². The van der Waals surface area contributed by atoms with Crippen LogP contribution in [0.1, 0.15) is 0 Å². The van der Waals surface area contributed by atoms with Crippen LogP contribution in [0.2, 0.25) is 5.02 Å². The fourth-order valence-corrected chi connectivity index (χ4v) is 3.46. The molecule has 2 aromatic carbocycles. The molecule has 0 aromatic heterocycles. The molecule has 4 heteroatoms. The van der Waals surface area contributed by atoms with E-state index in [9.17, 15) is 0 Å². The van der Waals surface area contributed by atoms with E-state index in [0.29, 0.717) is 0 Å². The number of nitrogens with zero attached hydrogens (tertiary/aromatic N) is 2. The van der Waals surface area contributed by atoms with Gasteiger partial charge in [-0.05, 0) is 24.3 Å². The largest absolute Gasteiger partial charge is 0.328 e. The fraction of sp³-hybridized carbons (Fsp3) is 0.0625. The average molecular weight is 346 g/mol. The number of benzene rings is 2. The first-order valence-corrected chi connectivity index (χ1v) is 7.46. The highest BCUT2D eigenvalue weighted by atomic mass is 79.9. The van der Waals surface area contributed by atoms with E-state index in [1.807, 2.05) is 31.3 Å². The molecule has 0 unspecified atom stereocenters. The molecule has 2 heterocycles. The Morgan fingerprint density at radius 2 is 1.90 bits per heavy atom. The van der Waals surface area contributed by atoms with Gasteiger partial charge in [-0.2, -0.15) is 0 Å². The third-order valence-corrected chi connectivity index (χ3v) is 4.60. The number of para-hydroxylation sites is 1. The van der Waals surface area contributed by atoms with Crippen LogP contribution in [0.3, 0.4) is 0 Å². The van der Waals surface area contributed by atoms with Gasteiger partial charge in [0.05, 0.1) is 16.1 Å². The summed E-state index contributed by atoms with van der Waals surface area (Å²) in [6.45, 7) is 0. The molecule has 0 N–H and O–H groups in total. The summed E-state index contributed by atoms with van der Waals surface area (Å²) in [5, 5.41) is 2.90. The Hall–Kier alpha value is -1.58. The van der Waals surface area contributed by atoms with Crippen molar-refractivity contribution in [1.29, 1.82) is 0 Å². The quantitative estimate of drug-likeness (QED) is 0.426. The molecular weight excluding hydrogens is 336 g/mol. The third-order valence-electron chi connectivity index (χ3n) is 3.72. The molecule has 2 aliphatic heterocycles. The van der Waals surface area contributed by atoms with Crippen LogP contribution in [-0.2, 0) is 7.05 Å². The van der Waals surface area contributed by atoms with E-state index in [2.05, 4.69) is 38.7 Å². The van der Waals surface area contributed by atoms with Crippen LogP contribution in [0.4, 0.5) is 0 Å². The van der Waals surface area contributed by atoms with Crippen LogP contribution in [0.25, 0.3) is 33.2 Å². The van der Waals surface area contributed by atoms with E-state index in [0.717, 1.165) is 42.7 Å². The molecule has 20 heavy (non-hydrogen) atoms. The summed E-state index contributed by atoms with van der Waals surface area (Å²) in [5.41, 5.74) is 3.08. The molecule has 2 aromatic rings. The second-order valence-corrected chi connectivity index (χ2v) is 6.16. The van der Waals surface area contributed by atoms with E-state index in [4.69, 9.17) is 16.6 Å². The molecule has 0 fully saturated rings. The maximum Gasteiger partial charge on any atom is 0.142 e. The van der Waals surface area contributed by atoms with Gasteiger partial charge in [0.2, 0.25) is 0 Å². The number of halogens is 2. The number of hydrogen-bond donors (Lipinski definition) is 0. The molecule has 0 amide bonds. The predicted octanol–water partition coefficient (Wildman–Crippen LogP) is 5.25. The number of aromatic nitrogens is 2. The smallest absolute Gasteiger partial charge is 0.142 e. The van der Waals surface area contributed by atoms with Crippen molar-refractivity contribution in [3.8, 4) is 11.4 Å². The van der Waals surface area contributed by atoms with Crippen LogP contribution in [0.15, 0.2) is 46.9 Å². The van der Waals surface area contributed by atoms with Gasteiger partial charge in [0, 0.05) is 27.9 Å².